The number of nitrogens with zero attached hydrogens (tertiary/aromatic N) is 1. The molecule has 2 heterocycles. The second kappa shape index (κ2) is 4.64. The van der Waals surface area contributed by atoms with Gasteiger partial charge in [-0.3, -0.25) is 9.36 Å². The molecule has 0 atom stereocenters. The van der Waals surface area contributed by atoms with E-state index in [-0.39, 0.29) is 16.1 Å². The van der Waals surface area contributed by atoms with Crippen LogP contribution in [0.15, 0.2) is 53.3 Å². The van der Waals surface area contributed by atoms with Crippen molar-refractivity contribution in [1.29, 1.82) is 0 Å². The molecule has 0 spiro atoms. The lowest BCUT2D eigenvalue weighted by Crippen LogP contribution is -2.20. The summed E-state index contributed by atoms with van der Waals surface area (Å²) in [6.07, 6.45) is 0. The summed E-state index contributed by atoms with van der Waals surface area (Å²) in [5.74, 6) is -0.363. The largest absolute Gasteiger partial charge is 0.349 e. The van der Waals surface area contributed by atoms with Gasteiger partial charge in [0.15, 0.2) is 4.77 Å². The Bertz CT molecular complexity index is 1120. The van der Waals surface area contributed by atoms with Crippen molar-refractivity contribution in [2.45, 2.75) is 0 Å². The fourth-order valence-electron chi connectivity index (χ4n) is 2.62. The number of para-hydroxylation sites is 1. The van der Waals surface area contributed by atoms with Crippen LogP contribution in [0.4, 0.5) is 4.39 Å². The normalized spacial score (nSPS) is 11.3. The van der Waals surface area contributed by atoms with E-state index >= 15 is 0 Å². The summed E-state index contributed by atoms with van der Waals surface area (Å²) in [5, 5.41) is 0.909. The highest BCUT2D eigenvalue weighted by Crippen LogP contribution is 2.21. The topological polar surface area (TPSA) is 53.6 Å². The molecule has 0 bridgehead atoms. The van der Waals surface area contributed by atoms with Gasteiger partial charge in [-0.1, -0.05) is 18.2 Å². The van der Waals surface area contributed by atoms with Crippen LogP contribution in [-0.2, 0) is 0 Å². The third-order valence-electron chi connectivity index (χ3n) is 3.64. The predicted molar refractivity (Wildman–Crippen MR) is 86.5 cm³/mol. The summed E-state index contributed by atoms with van der Waals surface area (Å²) < 4.78 is 14.7. The Kier molecular flexibility index (Phi) is 2.74. The smallest absolute Gasteiger partial charge is 0.283 e. The Hall–Kier alpha value is -2.73. The molecule has 0 saturated carbocycles. The zero-order chi connectivity index (χ0) is 15.3. The first-order valence-corrected chi connectivity index (χ1v) is 7.08. The van der Waals surface area contributed by atoms with E-state index in [1.165, 1.54) is 28.8 Å². The molecule has 0 saturated heterocycles. The fourth-order valence-corrected chi connectivity index (χ4v) is 2.91. The average Bonchev–Trinajstić information content (AvgIpc) is 2.88. The fraction of sp³-hybridized carbons (Fsp3) is 0. The molecule has 2 N–H and O–H groups in total. The SMILES string of the molecule is O=c1c2[nH]c3ccccc3c2[nH]c(=S)n1-c1ccc(F)cc1. The van der Waals surface area contributed by atoms with Crippen molar-refractivity contribution in [2.24, 2.45) is 0 Å². The maximum absolute atomic E-state index is 13.1. The van der Waals surface area contributed by atoms with E-state index in [1.807, 2.05) is 24.3 Å². The number of nitrogens with one attached hydrogen (secondary N) is 2. The Morgan fingerprint density at radius 3 is 2.45 bits per heavy atom. The van der Waals surface area contributed by atoms with E-state index < -0.39 is 0 Å². The maximum atomic E-state index is 13.1. The van der Waals surface area contributed by atoms with E-state index in [2.05, 4.69) is 9.97 Å². The molecule has 0 aliphatic heterocycles. The van der Waals surface area contributed by atoms with Gasteiger partial charge in [0.1, 0.15) is 11.3 Å². The highest BCUT2D eigenvalue weighted by atomic mass is 32.1. The average molecular weight is 311 g/mol. The molecule has 0 unspecified atom stereocenters. The predicted octanol–water partition coefficient (Wildman–Crippen LogP) is 3.67. The van der Waals surface area contributed by atoms with Crippen molar-refractivity contribution >= 4 is 34.2 Å². The quantitative estimate of drug-likeness (QED) is 0.527. The van der Waals surface area contributed by atoms with Gasteiger partial charge >= 0.3 is 0 Å². The van der Waals surface area contributed by atoms with Crippen molar-refractivity contribution in [3.63, 3.8) is 0 Å². The second-order valence-corrected chi connectivity index (χ2v) is 5.35. The summed E-state index contributed by atoms with van der Waals surface area (Å²) >= 11 is 5.31. The number of fused-ring (bicyclic) bond motifs is 3. The molecule has 2 aromatic carbocycles. The molecule has 0 fully saturated rings. The lowest BCUT2D eigenvalue weighted by atomic mass is 10.2. The summed E-state index contributed by atoms with van der Waals surface area (Å²) in [5.41, 5.74) is 2.25. The van der Waals surface area contributed by atoms with Crippen molar-refractivity contribution in [1.82, 2.24) is 14.5 Å². The highest BCUT2D eigenvalue weighted by molar-refractivity contribution is 7.71. The standard InChI is InChI=1S/C16H10FN3OS/c17-9-5-7-10(8-6-9)20-15(21)14-13(19-16(20)22)11-3-1-2-4-12(11)18-14/h1-8,18H,(H,19,22). The number of aromatic nitrogens is 3. The van der Waals surface area contributed by atoms with E-state index in [0.29, 0.717) is 16.7 Å². The molecule has 0 aliphatic carbocycles. The van der Waals surface area contributed by atoms with E-state index in [4.69, 9.17) is 12.2 Å². The highest BCUT2D eigenvalue weighted by Gasteiger charge is 2.12. The minimum absolute atomic E-state index is 0.262. The zero-order valence-corrected chi connectivity index (χ0v) is 12.1. The molecule has 0 radical (unpaired) electrons. The van der Waals surface area contributed by atoms with Crippen LogP contribution in [0.2, 0.25) is 0 Å². The first-order valence-electron chi connectivity index (χ1n) is 6.67. The first kappa shape index (κ1) is 13.0. The lowest BCUT2D eigenvalue weighted by molar-refractivity contribution is 0.627. The van der Waals surface area contributed by atoms with Gasteiger partial charge in [-0.15, -0.1) is 0 Å². The van der Waals surface area contributed by atoms with Gasteiger partial charge in [-0.05, 0) is 42.5 Å². The van der Waals surface area contributed by atoms with E-state index in [1.54, 1.807) is 0 Å². The Labute approximate surface area is 128 Å². The maximum Gasteiger partial charge on any atom is 0.283 e. The van der Waals surface area contributed by atoms with Gasteiger partial charge < -0.3 is 9.97 Å². The molecule has 0 amide bonds. The van der Waals surface area contributed by atoms with Gasteiger partial charge in [0.05, 0.1) is 11.2 Å². The van der Waals surface area contributed by atoms with Crippen molar-refractivity contribution in [2.75, 3.05) is 0 Å². The third-order valence-corrected chi connectivity index (χ3v) is 3.93. The minimum Gasteiger partial charge on any atom is -0.349 e. The van der Waals surface area contributed by atoms with Crippen LogP contribution in [0.3, 0.4) is 0 Å². The third kappa shape index (κ3) is 1.81. The minimum atomic E-state index is -0.363. The number of benzene rings is 2. The van der Waals surface area contributed by atoms with Crippen LogP contribution in [0, 0.1) is 10.6 Å². The van der Waals surface area contributed by atoms with Crippen LogP contribution in [0.1, 0.15) is 0 Å². The Balaban J connectivity index is 2.13. The summed E-state index contributed by atoms with van der Waals surface area (Å²) in [4.78, 5) is 19.0. The van der Waals surface area contributed by atoms with Crippen molar-refractivity contribution in [3.05, 3.63) is 69.5 Å². The van der Waals surface area contributed by atoms with Gasteiger partial charge in [0.2, 0.25) is 0 Å². The first-order chi connectivity index (χ1) is 10.6. The van der Waals surface area contributed by atoms with Crippen LogP contribution in [0.5, 0.6) is 0 Å². The van der Waals surface area contributed by atoms with Crippen LogP contribution in [-0.4, -0.2) is 14.5 Å². The van der Waals surface area contributed by atoms with Crippen LogP contribution in [0.25, 0.3) is 27.6 Å². The van der Waals surface area contributed by atoms with Crippen molar-refractivity contribution < 1.29 is 4.39 Å². The molecule has 22 heavy (non-hydrogen) atoms. The summed E-state index contributed by atoms with van der Waals surface area (Å²) in [6.45, 7) is 0. The molecule has 4 rings (SSSR count). The Morgan fingerprint density at radius 1 is 0.955 bits per heavy atom. The molecule has 2 aromatic heterocycles. The number of halogens is 1. The molecule has 108 valence electrons. The Morgan fingerprint density at radius 2 is 1.68 bits per heavy atom. The molecule has 4 aromatic rings. The van der Waals surface area contributed by atoms with Gasteiger partial charge in [-0.2, -0.15) is 0 Å². The molecular weight excluding hydrogens is 301 g/mol. The second-order valence-electron chi connectivity index (χ2n) is 4.97. The van der Waals surface area contributed by atoms with Gasteiger partial charge in [-0.25, -0.2) is 4.39 Å². The molecule has 0 aliphatic rings. The van der Waals surface area contributed by atoms with E-state index in [9.17, 15) is 9.18 Å². The number of hydrogen-bond donors (Lipinski definition) is 2. The number of hydrogen-bond acceptors (Lipinski definition) is 2. The van der Waals surface area contributed by atoms with E-state index in [0.717, 1.165) is 10.9 Å². The number of rotatable bonds is 1. The summed E-state index contributed by atoms with van der Waals surface area (Å²) in [7, 11) is 0. The van der Waals surface area contributed by atoms with Crippen molar-refractivity contribution in [3.8, 4) is 5.69 Å². The monoisotopic (exact) mass is 311 g/mol. The molecule has 6 heteroatoms. The summed E-state index contributed by atoms with van der Waals surface area (Å²) in [6, 6.07) is 13.2. The number of aromatic amines is 2. The van der Waals surface area contributed by atoms with Gasteiger partial charge in [0, 0.05) is 10.9 Å². The number of H-pyrrole nitrogens is 2. The van der Waals surface area contributed by atoms with Gasteiger partial charge in [0.25, 0.3) is 5.56 Å². The molecular formula is C16H10FN3OS. The lowest BCUT2D eigenvalue weighted by Gasteiger charge is -2.06. The van der Waals surface area contributed by atoms with Crippen LogP contribution >= 0.6 is 12.2 Å². The molecule has 4 nitrogen and oxygen atoms in total. The zero-order valence-electron chi connectivity index (χ0n) is 11.3. The van der Waals surface area contributed by atoms with Crippen LogP contribution < -0.4 is 5.56 Å².